The number of anilines is 2. The van der Waals surface area contributed by atoms with Crippen LogP contribution in [0, 0.1) is 0 Å². The molecule has 0 saturated heterocycles. The quantitative estimate of drug-likeness (QED) is 0.400. The van der Waals surface area contributed by atoms with Gasteiger partial charge in [-0.3, -0.25) is 0 Å². The number of benzene rings is 1. The second kappa shape index (κ2) is 7.52. The number of pyridine rings is 1. The van der Waals surface area contributed by atoms with Gasteiger partial charge in [-0.15, -0.1) is 0 Å². The van der Waals surface area contributed by atoms with Crippen molar-refractivity contribution in [2.45, 2.75) is 58.2 Å². The monoisotopic (exact) mass is 379 g/mol. The normalized spacial score (nSPS) is 12.7. The first-order valence-electron chi connectivity index (χ1n) is 8.80. The first-order valence-corrected chi connectivity index (χ1v) is 12.1. The molecule has 4 N–H and O–H groups in total. The number of nitrogens with two attached hydrogens (primary N) is 2. The van der Waals surface area contributed by atoms with Crippen molar-refractivity contribution in [1.82, 2.24) is 4.98 Å². The zero-order chi connectivity index (χ0) is 18.8. The maximum atomic E-state index is 6.24. The Bertz CT molecular complexity index is 756. The van der Waals surface area contributed by atoms with Gasteiger partial charge in [0, 0.05) is 12.0 Å². The number of hydrogen-bond acceptors (Lipinski definition) is 4. The Kier molecular flexibility index (Phi) is 6.02. The highest BCUT2D eigenvalue weighted by atomic mass is 35.5. The van der Waals surface area contributed by atoms with Gasteiger partial charge in [0.1, 0.15) is 0 Å². The number of aryl methyl sites for hydroxylation is 1. The van der Waals surface area contributed by atoms with Crippen molar-refractivity contribution in [3.63, 3.8) is 0 Å². The van der Waals surface area contributed by atoms with E-state index < -0.39 is 8.32 Å². The third kappa shape index (κ3) is 4.46. The van der Waals surface area contributed by atoms with Crippen molar-refractivity contribution in [2.24, 2.45) is 0 Å². The Hall–Kier alpha value is -1.30. The Labute approximate surface area is 157 Å². The number of halogens is 1. The van der Waals surface area contributed by atoms with Gasteiger partial charge in [-0.25, -0.2) is 4.98 Å². The van der Waals surface area contributed by atoms with Crippen molar-refractivity contribution < 1.29 is 4.43 Å². The van der Waals surface area contributed by atoms with Crippen molar-refractivity contribution in [2.75, 3.05) is 18.1 Å². The number of rotatable bonds is 6. The molecule has 1 aromatic heterocycles. The molecule has 0 amide bonds. The van der Waals surface area contributed by atoms with Crippen LogP contribution in [0.3, 0.4) is 0 Å². The summed E-state index contributed by atoms with van der Waals surface area (Å²) in [5.74, 6) is 0. The average molecular weight is 380 g/mol. The van der Waals surface area contributed by atoms with E-state index >= 15 is 0 Å². The molecule has 0 aliphatic heterocycles. The molecule has 1 heterocycles. The summed E-state index contributed by atoms with van der Waals surface area (Å²) in [6.07, 6.45) is 2.99. The lowest BCUT2D eigenvalue weighted by Gasteiger charge is -2.36. The Morgan fingerprint density at radius 3 is 2.44 bits per heavy atom. The molecule has 2 rings (SSSR count). The van der Waals surface area contributed by atoms with Gasteiger partial charge in [0.25, 0.3) is 0 Å². The number of aromatic nitrogens is 1. The maximum absolute atomic E-state index is 6.24. The van der Waals surface area contributed by atoms with Crippen molar-refractivity contribution in [1.29, 1.82) is 0 Å². The SMILES string of the molecule is CC(C)(C)[Si](C)(C)OCCCCc1cccc2nc(Cl)c(N)c(N)c12. The Morgan fingerprint density at radius 2 is 1.80 bits per heavy atom. The summed E-state index contributed by atoms with van der Waals surface area (Å²) in [5.41, 5.74) is 15.0. The van der Waals surface area contributed by atoms with E-state index in [1.165, 1.54) is 0 Å². The van der Waals surface area contributed by atoms with E-state index in [1.54, 1.807) is 0 Å². The summed E-state index contributed by atoms with van der Waals surface area (Å²) in [5, 5.41) is 1.44. The van der Waals surface area contributed by atoms with Crippen LogP contribution in [0.1, 0.15) is 39.2 Å². The maximum Gasteiger partial charge on any atom is 0.191 e. The van der Waals surface area contributed by atoms with Gasteiger partial charge in [-0.05, 0) is 49.0 Å². The zero-order valence-corrected chi connectivity index (χ0v) is 17.7. The molecule has 1 aromatic carbocycles. The van der Waals surface area contributed by atoms with Crippen molar-refractivity contribution in [3.8, 4) is 0 Å². The number of fused-ring (bicyclic) bond motifs is 1. The summed E-state index contributed by atoms with van der Waals surface area (Å²) >= 11 is 6.04. The van der Waals surface area contributed by atoms with Crippen LogP contribution in [-0.4, -0.2) is 19.9 Å². The summed E-state index contributed by atoms with van der Waals surface area (Å²) in [7, 11) is -1.66. The van der Waals surface area contributed by atoms with Crippen LogP contribution < -0.4 is 11.5 Å². The van der Waals surface area contributed by atoms with E-state index in [2.05, 4.69) is 44.9 Å². The molecule has 4 nitrogen and oxygen atoms in total. The molecular weight excluding hydrogens is 350 g/mol. The highest BCUT2D eigenvalue weighted by Crippen LogP contribution is 2.37. The molecule has 0 atom stereocenters. The molecule has 0 bridgehead atoms. The van der Waals surface area contributed by atoms with Gasteiger partial charge in [-0.1, -0.05) is 44.5 Å². The van der Waals surface area contributed by atoms with Crippen molar-refractivity contribution >= 4 is 42.2 Å². The van der Waals surface area contributed by atoms with E-state index in [0.29, 0.717) is 11.4 Å². The van der Waals surface area contributed by atoms with Crippen LogP contribution in [0.15, 0.2) is 18.2 Å². The van der Waals surface area contributed by atoms with E-state index in [1.807, 2.05) is 12.1 Å². The number of nitrogens with zero attached hydrogens (tertiary/aromatic N) is 1. The van der Waals surface area contributed by atoms with E-state index in [4.69, 9.17) is 27.5 Å². The second-order valence-electron chi connectivity index (χ2n) is 8.11. The third-order valence-electron chi connectivity index (χ3n) is 5.24. The Balaban J connectivity index is 2.02. The highest BCUT2D eigenvalue weighted by Gasteiger charge is 2.36. The van der Waals surface area contributed by atoms with Crippen LogP contribution in [0.5, 0.6) is 0 Å². The fraction of sp³-hybridized carbons (Fsp3) is 0.526. The van der Waals surface area contributed by atoms with Crippen LogP contribution in [-0.2, 0) is 10.8 Å². The second-order valence-corrected chi connectivity index (χ2v) is 13.3. The standard InChI is InChI=1S/C19H30ClN3OSi/c1-19(2,3)25(4,5)24-12-7-6-9-13-10-8-11-14-15(13)16(21)17(22)18(20)23-14/h8,10-11H,6-7,9,12,22H2,1-5H3,(H2,21,23). The topological polar surface area (TPSA) is 74.2 Å². The summed E-state index contributed by atoms with van der Waals surface area (Å²) in [6.45, 7) is 12.2. The van der Waals surface area contributed by atoms with Gasteiger partial charge in [0.05, 0.1) is 16.9 Å². The molecule has 0 saturated carbocycles. The molecule has 0 aliphatic carbocycles. The predicted octanol–water partition coefficient (Wildman–Crippen LogP) is 5.40. The minimum atomic E-state index is -1.66. The van der Waals surface area contributed by atoms with Gasteiger partial charge >= 0.3 is 0 Å². The van der Waals surface area contributed by atoms with E-state index in [9.17, 15) is 0 Å². The van der Waals surface area contributed by atoms with Gasteiger partial charge in [0.2, 0.25) is 0 Å². The van der Waals surface area contributed by atoms with E-state index in [-0.39, 0.29) is 10.2 Å². The van der Waals surface area contributed by atoms with Crippen LogP contribution >= 0.6 is 11.6 Å². The number of nitrogen functional groups attached to an aromatic ring is 2. The molecule has 138 valence electrons. The minimum absolute atomic E-state index is 0.250. The largest absolute Gasteiger partial charge is 0.417 e. The molecule has 0 spiro atoms. The van der Waals surface area contributed by atoms with Crippen LogP contribution in [0.25, 0.3) is 10.9 Å². The van der Waals surface area contributed by atoms with Gasteiger partial charge in [0.15, 0.2) is 13.5 Å². The van der Waals surface area contributed by atoms with Crippen LogP contribution in [0.2, 0.25) is 23.3 Å². The summed E-state index contributed by atoms with van der Waals surface area (Å²) in [6, 6.07) is 5.99. The molecule has 0 radical (unpaired) electrons. The molecule has 25 heavy (non-hydrogen) atoms. The lowest BCUT2D eigenvalue weighted by Crippen LogP contribution is -2.40. The fourth-order valence-electron chi connectivity index (χ4n) is 2.57. The minimum Gasteiger partial charge on any atom is -0.417 e. The molecule has 0 aliphatic rings. The van der Waals surface area contributed by atoms with Crippen molar-refractivity contribution in [3.05, 3.63) is 28.9 Å². The Morgan fingerprint density at radius 1 is 1.12 bits per heavy atom. The first-order chi connectivity index (χ1) is 11.5. The number of unbranched alkanes of at least 4 members (excludes halogenated alkanes) is 1. The smallest absolute Gasteiger partial charge is 0.191 e. The summed E-state index contributed by atoms with van der Waals surface area (Å²) < 4.78 is 6.24. The number of hydrogen-bond donors (Lipinski definition) is 2. The zero-order valence-electron chi connectivity index (χ0n) is 15.9. The highest BCUT2D eigenvalue weighted by molar-refractivity contribution is 6.74. The molecule has 0 unspecified atom stereocenters. The molecule has 0 fully saturated rings. The average Bonchev–Trinajstić information content (AvgIpc) is 2.51. The summed E-state index contributed by atoms with van der Waals surface area (Å²) in [4.78, 5) is 4.34. The lowest BCUT2D eigenvalue weighted by atomic mass is 10.0. The first kappa shape index (κ1) is 20.0. The fourth-order valence-corrected chi connectivity index (χ4v) is 3.85. The molecule has 2 aromatic rings. The molecule has 6 heteroatoms. The van der Waals surface area contributed by atoms with Gasteiger partial charge < -0.3 is 15.9 Å². The molecular formula is C19H30ClN3OSi. The third-order valence-corrected chi connectivity index (χ3v) is 10.1. The van der Waals surface area contributed by atoms with Crippen LogP contribution in [0.4, 0.5) is 11.4 Å². The predicted molar refractivity (Wildman–Crippen MR) is 112 cm³/mol. The lowest BCUT2D eigenvalue weighted by molar-refractivity contribution is 0.279. The van der Waals surface area contributed by atoms with Gasteiger partial charge in [-0.2, -0.15) is 0 Å². The van der Waals surface area contributed by atoms with E-state index in [0.717, 1.165) is 42.3 Å².